The summed E-state index contributed by atoms with van der Waals surface area (Å²) in [6.45, 7) is 0. The molecular weight excluding hydrogens is 350 g/mol. The Hall–Kier alpha value is -1.99. The molecule has 0 saturated heterocycles. The van der Waals surface area contributed by atoms with E-state index in [1.807, 2.05) is 0 Å². The van der Waals surface area contributed by atoms with E-state index < -0.39 is 10.8 Å². The standard InChI is InChI=1S/C12H7BrClN3O3/c13-8-3-7(5-15-6-8)12(18)16-9-1-2-10(14)11(4-9)17(19)20/h1-6H,(H,16,18). The highest BCUT2D eigenvalue weighted by molar-refractivity contribution is 9.10. The molecule has 0 bridgehead atoms. The molecule has 0 aliphatic carbocycles. The van der Waals surface area contributed by atoms with Gasteiger partial charge < -0.3 is 5.32 Å². The Bertz CT molecular complexity index is 693. The van der Waals surface area contributed by atoms with Gasteiger partial charge in [-0.25, -0.2) is 0 Å². The van der Waals surface area contributed by atoms with Gasteiger partial charge >= 0.3 is 0 Å². The van der Waals surface area contributed by atoms with Crippen LogP contribution in [0.15, 0.2) is 41.1 Å². The minimum atomic E-state index is -0.612. The summed E-state index contributed by atoms with van der Waals surface area (Å²) in [7, 11) is 0. The Kier molecular flexibility index (Phi) is 4.31. The van der Waals surface area contributed by atoms with Gasteiger partial charge in [-0.2, -0.15) is 0 Å². The molecule has 2 rings (SSSR count). The lowest BCUT2D eigenvalue weighted by Crippen LogP contribution is -2.12. The average Bonchev–Trinajstić information content (AvgIpc) is 2.40. The van der Waals surface area contributed by atoms with Crippen molar-refractivity contribution >= 4 is 44.8 Å². The Morgan fingerprint density at radius 3 is 2.75 bits per heavy atom. The molecular formula is C12H7BrClN3O3. The highest BCUT2D eigenvalue weighted by Crippen LogP contribution is 2.27. The van der Waals surface area contributed by atoms with Crippen LogP contribution in [0.4, 0.5) is 11.4 Å². The zero-order valence-corrected chi connectivity index (χ0v) is 12.2. The molecule has 1 N–H and O–H groups in total. The Balaban J connectivity index is 2.24. The van der Waals surface area contributed by atoms with Crippen LogP contribution in [0.1, 0.15) is 10.4 Å². The number of hydrogen-bond donors (Lipinski definition) is 1. The molecule has 2 aromatic rings. The van der Waals surface area contributed by atoms with E-state index >= 15 is 0 Å². The molecule has 0 spiro atoms. The first-order valence-corrected chi connectivity index (χ1v) is 6.50. The molecule has 0 saturated carbocycles. The minimum Gasteiger partial charge on any atom is -0.322 e. The third kappa shape index (κ3) is 3.31. The summed E-state index contributed by atoms with van der Waals surface area (Å²) in [5.74, 6) is -0.421. The van der Waals surface area contributed by atoms with Crippen LogP contribution in [0.2, 0.25) is 5.02 Å². The maximum Gasteiger partial charge on any atom is 0.289 e. The van der Waals surface area contributed by atoms with Crippen molar-refractivity contribution in [3.8, 4) is 0 Å². The molecule has 6 nitrogen and oxygen atoms in total. The Morgan fingerprint density at radius 1 is 1.35 bits per heavy atom. The number of pyridine rings is 1. The highest BCUT2D eigenvalue weighted by Gasteiger charge is 2.14. The van der Waals surface area contributed by atoms with Gasteiger partial charge in [0.25, 0.3) is 11.6 Å². The maximum atomic E-state index is 12.0. The third-order valence-corrected chi connectivity index (χ3v) is 3.12. The molecule has 1 aromatic carbocycles. The van der Waals surface area contributed by atoms with Gasteiger partial charge in [0.05, 0.1) is 10.5 Å². The van der Waals surface area contributed by atoms with E-state index in [2.05, 4.69) is 26.2 Å². The first-order chi connectivity index (χ1) is 9.47. The summed E-state index contributed by atoms with van der Waals surface area (Å²) in [5, 5.41) is 13.3. The lowest BCUT2D eigenvalue weighted by molar-refractivity contribution is -0.384. The Morgan fingerprint density at radius 2 is 2.10 bits per heavy atom. The molecule has 0 radical (unpaired) electrons. The molecule has 102 valence electrons. The van der Waals surface area contributed by atoms with E-state index in [-0.39, 0.29) is 16.4 Å². The van der Waals surface area contributed by atoms with Crippen molar-refractivity contribution in [2.45, 2.75) is 0 Å². The predicted molar refractivity (Wildman–Crippen MR) is 78.0 cm³/mol. The van der Waals surface area contributed by atoms with E-state index in [4.69, 9.17) is 11.6 Å². The fourth-order valence-corrected chi connectivity index (χ4v) is 2.02. The van der Waals surface area contributed by atoms with Crippen molar-refractivity contribution in [1.29, 1.82) is 0 Å². The van der Waals surface area contributed by atoms with E-state index in [1.165, 1.54) is 24.4 Å². The van der Waals surface area contributed by atoms with Crippen molar-refractivity contribution in [3.63, 3.8) is 0 Å². The van der Waals surface area contributed by atoms with Gasteiger partial charge in [0.1, 0.15) is 5.02 Å². The van der Waals surface area contributed by atoms with E-state index in [1.54, 1.807) is 12.3 Å². The van der Waals surface area contributed by atoms with Crippen LogP contribution in [0.25, 0.3) is 0 Å². The van der Waals surface area contributed by atoms with Crippen LogP contribution in [0.3, 0.4) is 0 Å². The average molecular weight is 357 g/mol. The van der Waals surface area contributed by atoms with Gasteiger partial charge in [-0.15, -0.1) is 0 Å². The number of halogens is 2. The van der Waals surface area contributed by atoms with Crippen LogP contribution >= 0.6 is 27.5 Å². The van der Waals surface area contributed by atoms with Crippen LogP contribution in [-0.2, 0) is 0 Å². The number of nitro groups is 1. The highest BCUT2D eigenvalue weighted by atomic mass is 79.9. The lowest BCUT2D eigenvalue weighted by Gasteiger charge is -2.05. The summed E-state index contributed by atoms with van der Waals surface area (Å²) in [6.07, 6.45) is 2.94. The van der Waals surface area contributed by atoms with Crippen LogP contribution in [0.5, 0.6) is 0 Å². The number of carbonyl (C=O) groups excluding carboxylic acids is 1. The van der Waals surface area contributed by atoms with E-state index in [0.717, 1.165) is 0 Å². The number of aromatic nitrogens is 1. The Labute approximate surface area is 127 Å². The van der Waals surface area contributed by atoms with Gasteiger partial charge in [0.15, 0.2) is 0 Å². The predicted octanol–water partition coefficient (Wildman–Crippen LogP) is 3.66. The zero-order chi connectivity index (χ0) is 14.7. The summed E-state index contributed by atoms with van der Waals surface area (Å²) in [5.41, 5.74) is 0.347. The van der Waals surface area contributed by atoms with E-state index in [0.29, 0.717) is 10.0 Å². The second-order valence-electron chi connectivity index (χ2n) is 3.77. The molecule has 8 heteroatoms. The smallest absolute Gasteiger partial charge is 0.289 e. The molecule has 20 heavy (non-hydrogen) atoms. The molecule has 1 heterocycles. The molecule has 1 amide bonds. The largest absolute Gasteiger partial charge is 0.322 e. The fourth-order valence-electron chi connectivity index (χ4n) is 1.47. The van der Waals surface area contributed by atoms with Crippen molar-refractivity contribution in [2.75, 3.05) is 5.32 Å². The lowest BCUT2D eigenvalue weighted by atomic mass is 10.2. The van der Waals surface area contributed by atoms with Gasteiger partial charge in [-0.1, -0.05) is 11.6 Å². The maximum absolute atomic E-state index is 12.0. The number of anilines is 1. The van der Waals surface area contributed by atoms with Crippen molar-refractivity contribution in [3.05, 3.63) is 61.8 Å². The van der Waals surface area contributed by atoms with Crippen LogP contribution in [0, 0.1) is 10.1 Å². The van der Waals surface area contributed by atoms with Crippen LogP contribution < -0.4 is 5.32 Å². The van der Waals surface area contributed by atoms with E-state index in [9.17, 15) is 14.9 Å². The van der Waals surface area contributed by atoms with Crippen molar-refractivity contribution in [1.82, 2.24) is 4.98 Å². The fraction of sp³-hybridized carbons (Fsp3) is 0. The van der Waals surface area contributed by atoms with Gasteiger partial charge in [-0.3, -0.25) is 19.9 Å². The summed E-state index contributed by atoms with van der Waals surface area (Å²) >= 11 is 8.90. The monoisotopic (exact) mass is 355 g/mol. The van der Waals surface area contributed by atoms with Gasteiger partial charge in [0, 0.05) is 28.6 Å². The van der Waals surface area contributed by atoms with Crippen molar-refractivity contribution in [2.24, 2.45) is 0 Å². The summed E-state index contributed by atoms with van der Waals surface area (Å²) in [4.78, 5) is 26.0. The zero-order valence-electron chi connectivity index (χ0n) is 9.84. The molecule has 0 aliphatic rings. The summed E-state index contributed by atoms with van der Waals surface area (Å²) < 4.78 is 0.659. The second kappa shape index (κ2) is 5.98. The number of benzene rings is 1. The second-order valence-corrected chi connectivity index (χ2v) is 5.09. The third-order valence-electron chi connectivity index (χ3n) is 2.37. The quantitative estimate of drug-likeness (QED) is 0.672. The number of nitro benzene ring substituents is 1. The number of carbonyl (C=O) groups is 1. The topological polar surface area (TPSA) is 85.1 Å². The first kappa shape index (κ1) is 14.4. The number of amides is 1. The molecule has 1 aromatic heterocycles. The van der Waals surface area contributed by atoms with Gasteiger partial charge in [-0.05, 0) is 34.1 Å². The SMILES string of the molecule is O=C(Nc1ccc(Cl)c([N+](=O)[O-])c1)c1cncc(Br)c1. The molecule has 0 fully saturated rings. The number of hydrogen-bond acceptors (Lipinski definition) is 4. The molecule has 0 atom stereocenters. The number of nitrogens with one attached hydrogen (secondary N) is 1. The first-order valence-electron chi connectivity index (χ1n) is 5.33. The molecule has 0 aliphatic heterocycles. The van der Waals surface area contributed by atoms with Crippen molar-refractivity contribution < 1.29 is 9.72 Å². The minimum absolute atomic E-state index is 0.0112. The van der Waals surface area contributed by atoms with Crippen LogP contribution in [-0.4, -0.2) is 15.8 Å². The summed E-state index contributed by atoms with van der Waals surface area (Å²) in [6, 6.07) is 5.63. The normalized spacial score (nSPS) is 10.1. The number of nitrogens with zero attached hydrogens (tertiary/aromatic N) is 2. The molecule has 0 unspecified atom stereocenters. The van der Waals surface area contributed by atoms with Gasteiger partial charge in [0.2, 0.25) is 0 Å². The number of rotatable bonds is 3.